The van der Waals surface area contributed by atoms with E-state index in [4.69, 9.17) is 10.1 Å². The summed E-state index contributed by atoms with van der Waals surface area (Å²) >= 11 is 1.74. The van der Waals surface area contributed by atoms with Crippen molar-refractivity contribution in [1.29, 1.82) is 0 Å². The highest BCUT2D eigenvalue weighted by Crippen LogP contribution is 2.42. The van der Waals surface area contributed by atoms with Crippen LogP contribution >= 0.6 is 11.3 Å². The molecular formula is C18H25N3S. The molecule has 0 saturated heterocycles. The number of hydrogen-bond acceptors (Lipinski definition) is 3. The molecule has 1 heterocycles. The minimum atomic E-state index is 0.513. The highest BCUT2D eigenvalue weighted by atomic mass is 32.1. The summed E-state index contributed by atoms with van der Waals surface area (Å²) in [5.74, 6) is 2.16. The van der Waals surface area contributed by atoms with Crippen molar-refractivity contribution in [3.8, 4) is 0 Å². The SMILES string of the molecule is Cc1csc(=NC2CCCCC2)n1N=CC1CC2C=CC1C2. The third kappa shape index (κ3) is 2.85. The van der Waals surface area contributed by atoms with E-state index in [0.717, 1.165) is 16.6 Å². The van der Waals surface area contributed by atoms with Crippen LogP contribution in [0.3, 0.4) is 0 Å². The Morgan fingerprint density at radius 1 is 1.18 bits per heavy atom. The quantitative estimate of drug-likeness (QED) is 0.593. The number of thiazole rings is 1. The van der Waals surface area contributed by atoms with E-state index in [2.05, 4.69) is 35.3 Å². The average molecular weight is 315 g/mol. The molecule has 0 spiro atoms. The lowest BCUT2D eigenvalue weighted by Crippen LogP contribution is -2.19. The van der Waals surface area contributed by atoms with Crippen molar-refractivity contribution in [2.24, 2.45) is 27.8 Å². The van der Waals surface area contributed by atoms with Gasteiger partial charge in [-0.3, -0.25) is 4.99 Å². The fourth-order valence-electron chi connectivity index (χ4n) is 4.13. The van der Waals surface area contributed by atoms with Gasteiger partial charge in [0.05, 0.1) is 11.7 Å². The van der Waals surface area contributed by atoms with E-state index >= 15 is 0 Å². The van der Waals surface area contributed by atoms with Crippen molar-refractivity contribution in [2.75, 3.05) is 0 Å². The first-order valence-corrected chi connectivity index (χ1v) is 9.61. The first-order chi connectivity index (χ1) is 10.8. The average Bonchev–Trinajstić information content (AvgIpc) is 3.23. The number of rotatable bonds is 3. The largest absolute Gasteiger partial charge is 0.254 e. The lowest BCUT2D eigenvalue weighted by molar-refractivity contribution is 0.435. The Balaban J connectivity index is 1.55. The third-order valence-corrected chi connectivity index (χ3v) is 6.37. The standard InChI is InChI=1S/C18H25N3S/c1-13-12-22-18(20-17-5-3-2-4-6-17)21(13)19-11-16-10-14-7-8-15(16)9-14/h7-8,11-12,14-17H,2-6,9-10H2,1H3. The van der Waals surface area contributed by atoms with Gasteiger partial charge in [-0.25, -0.2) is 4.68 Å². The number of aromatic nitrogens is 1. The highest BCUT2D eigenvalue weighted by Gasteiger charge is 2.34. The molecule has 118 valence electrons. The first kappa shape index (κ1) is 14.4. The normalized spacial score (nSPS) is 32.6. The summed E-state index contributed by atoms with van der Waals surface area (Å²) in [5.41, 5.74) is 1.20. The molecule has 3 unspecified atom stereocenters. The Morgan fingerprint density at radius 3 is 2.77 bits per heavy atom. The molecule has 3 aliphatic carbocycles. The van der Waals surface area contributed by atoms with Crippen molar-refractivity contribution >= 4 is 17.6 Å². The van der Waals surface area contributed by atoms with E-state index in [1.165, 1.54) is 50.6 Å². The molecule has 0 radical (unpaired) electrons. The Labute approximate surface area is 136 Å². The maximum Gasteiger partial charge on any atom is 0.206 e. The monoisotopic (exact) mass is 315 g/mol. The third-order valence-electron chi connectivity index (χ3n) is 5.42. The molecule has 3 atom stereocenters. The van der Waals surface area contributed by atoms with E-state index in [9.17, 15) is 0 Å². The molecule has 0 N–H and O–H groups in total. The van der Waals surface area contributed by atoms with Crippen LogP contribution in [0.5, 0.6) is 0 Å². The van der Waals surface area contributed by atoms with Gasteiger partial charge in [0.15, 0.2) is 0 Å². The van der Waals surface area contributed by atoms with Crippen LogP contribution in [-0.2, 0) is 0 Å². The summed E-state index contributed by atoms with van der Waals surface area (Å²) in [5, 5.41) is 6.99. The summed E-state index contributed by atoms with van der Waals surface area (Å²) in [6, 6.07) is 0.513. The predicted octanol–water partition coefficient (Wildman–Crippen LogP) is 4.14. The Bertz CT molecular complexity index is 646. The molecule has 0 aromatic carbocycles. The van der Waals surface area contributed by atoms with Gasteiger partial charge < -0.3 is 0 Å². The molecule has 3 nitrogen and oxygen atoms in total. The minimum Gasteiger partial charge on any atom is -0.254 e. The van der Waals surface area contributed by atoms with E-state index in [1.807, 2.05) is 0 Å². The number of nitrogens with zero attached hydrogens (tertiary/aromatic N) is 3. The molecule has 2 fully saturated rings. The first-order valence-electron chi connectivity index (χ1n) is 8.73. The molecule has 4 heteroatoms. The summed E-state index contributed by atoms with van der Waals surface area (Å²) in [6.45, 7) is 2.13. The van der Waals surface area contributed by atoms with E-state index in [1.54, 1.807) is 11.3 Å². The Morgan fingerprint density at radius 2 is 2.05 bits per heavy atom. The molecule has 2 bridgehead atoms. The molecule has 22 heavy (non-hydrogen) atoms. The van der Waals surface area contributed by atoms with Crippen molar-refractivity contribution in [3.63, 3.8) is 0 Å². The van der Waals surface area contributed by atoms with Gasteiger partial charge in [0.2, 0.25) is 4.80 Å². The van der Waals surface area contributed by atoms with Gasteiger partial charge in [-0.05, 0) is 44.4 Å². The lowest BCUT2D eigenvalue weighted by Gasteiger charge is -2.17. The Hall–Kier alpha value is -1.16. The maximum atomic E-state index is 4.99. The maximum absolute atomic E-state index is 4.99. The van der Waals surface area contributed by atoms with Gasteiger partial charge >= 0.3 is 0 Å². The number of fused-ring (bicyclic) bond motifs is 2. The topological polar surface area (TPSA) is 29.6 Å². The summed E-state index contributed by atoms with van der Waals surface area (Å²) in [6.07, 6.45) is 16.1. The van der Waals surface area contributed by atoms with E-state index in [0.29, 0.717) is 12.0 Å². The summed E-state index contributed by atoms with van der Waals surface area (Å²) < 4.78 is 2.06. The minimum absolute atomic E-state index is 0.513. The molecule has 4 rings (SSSR count). The van der Waals surface area contributed by atoms with Crippen molar-refractivity contribution < 1.29 is 0 Å². The van der Waals surface area contributed by atoms with Gasteiger partial charge in [-0.1, -0.05) is 31.4 Å². The van der Waals surface area contributed by atoms with Crippen LogP contribution in [0.25, 0.3) is 0 Å². The molecular weight excluding hydrogens is 290 g/mol. The molecule has 2 saturated carbocycles. The molecule has 0 aliphatic heterocycles. The summed E-state index contributed by atoms with van der Waals surface area (Å²) in [4.78, 5) is 6.07. The second-order valence-corrected chi connectivity index (χ2v) is 7.94. The van der Waals surface area contributed by atoms with Gasteiger partial charge in [-0.15, -0.1) is 11.3 Å². The van der Waals surface area contributed by atoms with Gasteiger partial charge in [0.1, 0.15) is 0 Å². The molecule has 1 aromatic heterocycles. The molecule has 3 aliphatic rings. The van der Waals surface area contributed by atoms with Gasteiger partial charge in [0.25, 0.3) is 0 Å². The molecule has 0 amide bonds. The van der Waals surface area contributed by atoms with E-state index < -0.39 is 0 Å². The van der Waals surface area contributed by atoms with Crippen LogP contribution < -0.4 is 4.80 Å². The van der Waals surface area contributed by atoms with Crippen LogP contribution in [0.15, 0.2) is 27.6 Å². The van der Waals surface area contributed by atoms with Crippen LogP contribution in [-0.4, -0.2) is 16.9 Å². The Kier molecular flexibility index (Phi) is 4.03. The lowest BCUT2D eigenvalue weighted by atomic mass is 9.95. The fraction of sp³-hybridized carbons (Fsp3) is 0.667. The van der Waals surface area contributed by atoms with Crippen LogP contribution in [0, 0.1) is 24.7 Å². The number of aryl methyl sites for hydroxylation is 1. The van der Waals surface area contributed by atoms with Crippen molar-refractivity contribution in [1.82, 2.24) is 4.68 Å². The van der Waals surface area contributed by atoms with Crippen LogP contribution in [0.4, 0.5) is 0 Å². The van der Waals surface area contributed by atoms with Crippen molar-refractivity contribution in [2.45, 2.75) is 57.9 Å². The zero-order valence-electron chi connectivity index (χ0n) is 13.3. The fourth-order valence-corrected chi connectivity index (χ4v) is 5.00. The van der Waals surface area contributed by atoms with Crippen LogP contribution in [0.2, 0.25) is 0 Å². The van der Waals surface area contributed by atoms with E-state index in [-0.39, 0.29) is 0 Å². The highest BCUT2D eigenvalue weighted by molar-refractivity contribution is 7.07. The van der Waals surface area contributed by atoms with Gasteiger partial charge in [-0.2, -0.15) is 5.10 Å². The smallest absolute Gasteiger partial charge is 0.206 e. The number of allylic oxidation sites excluding steroid dienone is 2. The second-order valence-electron chi connectivity index (χ2n) is 7.10. The molecule has 1 aromatic rings. The number of hydrogen-bond donors (Lipinski definition) is 0. The summed E-state index contributed by atoms with van der Waals surface area (Å²) in [7, 11) is 0. The predicted molar refractivity (Wildman–Crippen MR) is 92.2 cm³/mol. The van der Waals surface area contributed by atoms with Crippen LogP contribution in [0.1, 0.15) is 50.6 Å². The second kappa shape index (κ2) is 6.15. The zero-order valence-corrected chi connectivity index (χ0v) is 14.1. The van der Waals surface area contributed by atoms with Gasteiger partial charge in [0, 0.05) is 17.5 Å². The van der Waals surface area contributed by atoms with Crippen molar-refractivity contribution in [3.05, 3.63) is 28.0 Å². The zero-order chi connectivity index (χ0) is 14.9.